The molecule has 5 heteroatoms. The minimum Gasteiger partial charge on any atom is -0.478 e. The monoisotopic (exact) mass is 270 g/mol. The lowest BCUT2D eigenvalue weighted by Crippen LogP contribution is -1.95. The molecule has 0 aliphatic heterocycles. The van der Waals surface area contributed by atoms with Crippen molar-refractivity contribution in [3.63, 3.8) is 0 Å². The van der Waals surface area contributed by atoms with Crippen LogP contribution in [0.1, 0.15) is 15.9 Å². The molecule has 0 saturated heterocycles. The first-order chi connectivity index (χ1) is 9.16. The smallest absolute Gasteiger partial charge is 0.335 e. The van der Waals surface area contributed by atoms with E-state index in [1.807, 2.05) is 19.1 Å². The highest BCUT2D eigenvalue weighted by atomic mass is 32.1. The number of aryl methyl sites for hydroxylation is 1. The fourth-order valence-corrected chi connectivity index (χ4v) is 2.63. The van der Waals surface area contributed by atoms with Crippen molar-refractivity contribution in [2.45, 2.75) is 6.92 Å². The highest BCUT2D eigenvalue weighted by Gasteiger charge is 2.10. The molecule has 0 saturated carbocycles. The summed E-state index contributed by atoms with van der Waals surface area (Å²) in [7, 11) is 0. The molecule has 0 bridgehead atoms. The Bertz CT molecular complexity index is 763. The van der Waals surface area contributed by atoms with Crippen molar-refractivity contribution in [3.8, 4) is 11.1 Å². The highest BCUT2D eigenvalue weighted by Crippen LogP contribution is 2.29. The van der Waals surface area contributed by atoms with Crippen molar-refractivity contribution in [2.24, 2.45) is 0 Å². The third-order valence-corrected chi connectivity index (χ3v) is 3.59. The first-order valence-corrected chi connectivity index (χ1v) is 6.45. The maximum Gasteiger partial charge on any atom is 0.335 e. The molecule has 0 amide bonds. The predicted molar refractivity (Wildman–Crippen MR) is 74.5 cm³/mol. The molecule has 0 aliphatic carbocycles. The van der Waals surface area contributed by atoms with Crippen molar-refractivity contribution < 1.29 is 9.90 Å². The number of rotatable bonds is 2. The lowest BCUT2D eigenvalue weighted by Gasteiger charge is -2.04. The van der Waals surface area contributed by atoms with Gasteiger partial charge in [-0.3, -0.25) is 0 Å². The SMILES string of the molecule is Cc1ccc(-c2ccc(C(=O)O)cc2)c2nsnc12. The van der Waals surface area contributed by atoms with Crippen LogP contribution in [0.25, 0.3) is 22.2 Å². The van der Waals surface area contributed by atoms with Crippen molar-refractivity contribution in [1.29, 1.82) is 0 Å². The summed E-state index contributed by atoms with van der Waals surface area (Å²) in [4.78, 5) is 10.8. The maximum absolute atomic E-state index is 10.8. The van der Waals surface area contributed by atoms with Crippen LogP contribution in [0.3, 0.4) is 0 Å². The van der Waals surface area contributed by atoms with Gasteiger partial charge in [-0.05, 0) is 30.2 Å². The highest BCUT2D eigenvalue weighted by molar-refractivity contribution is 7.00. The van der Waals surface area contributed by atoms with Gasteiger partial charge in [0.1, 0.15) is 11.0 Å². The summed E-state index contributed by atoms with van der Waals surface area (Å²) in [5.74, 6) is -0.920. The quantitative estimate of drug-likeness (QED) is 0.775. The molecule has 94 valence electrons. The molecule has 0 spiro atoms. The molecule has 4 nitrogen and oxygen atoms in total. The molecule has 3 aromatic rings. The van der Waals surface area contributed by atoms with Crippen LogP contribution in [0.5, 0.6) is 0 Å². The van der Waals surface area contributed by atoms with E-state index < -0.39 is 5.97 Å². The summed E-state index contributed by atoms with van der Waals surface area (Å²) in [6, 6.07) is 10.8. The van der Waals surface area contributed by atoms with Gasteiger partial charge in [-0.15, -0.1) is 0 Å². The van der Waals surface area contributed by atoms with Crippen LogP contribution in [-0.2, 0) is 0 Å². The van der Waals surface area contributed by atoms with Gasteiger partial charge in [0.2, 0.25) is 0 Å². The van der Waals surface area contributed by atoms with Gasteiger partial charge in [0.25, 0.3) is 0 Å². The Balaban J connectivity index is 2.16. The zero-order valence-corrected chi connectivity index (χ0v) is 10.9. The molecule has 0 fully saturated rings. The number of aromatic nitrogens is 2. The number of hydrogen-bond acceptors (Lipinski definition) is 4. The van der Waals surface area contributed by atoms with Gasteiger partial charge in [0.15, 0.2) is 0 Å². The number of nitrogens with zero attached hydrogens (tertiary/aromatic N) is 2. The van der Waals surface area contributed by atoms with Crippen LogP contribution in [-0.4, -0.2) is 19.8 Å². The van der Waals surface area contributed by atoms with Crippen molar-refractivity contribution in [2.75, 3.05) is 0 Å². The van der Waals surface area contributed by atoms with Gasteiger partial charge in [-0.25, -0.2) is 4.79 Å². The first kappa shape index (κ1) is 11.8. The zero-order chi connectivity index (χ0) is 13.4. The molecular weight excluding hydrogens is 260 g/mol. The molecule has 1 N–H and O–H groups in total. The first-order valence-electron chi connectivity index (χ1n) is 5.72. The van der Waals surface area contributed by atoms with Crippen LogP contribution in [0, 0.1) is 6.92 Å². The summed E-state index contributed by atoms with van der Waals surface area (Å²) in [6.45, 7) is 2.00. The molecule has 0 aliphatic rings. The Kier molecular flexibility index (Phi) is 2.76. The molecule has 3 rings (SSSR count). The molecule has 0 radical (unpaired) electrons. The lowest BCUT2D eigenvalue weighted by molar-refractivity contribution is 0.0697. The molecule has 1 aromatic heterocycles. The summed E-state index contributed by atoms with van der Waals surface area (Å²) >= 11 is 1.19. The van der Waals surface area contributed by atoms with Crippen LogP contribution in [0.15, 0.2) is 36.4 Å². The van der Waals surface area contributed by atoms with Crippen LogP contribution >= 0.6 is 11.7 Å². The Labute approximate surface area is 113 Å². The standard InChI is InChI=1S/C14H10N2O2S/c1-8-2-7-11(13-12(8)15-19-16-13)9-3-5-10(6-4-9)14(17)18/h2-7H,1H3,(H,17,18). The average molecular weight is 270 g/mol. The number of benzene rings is 2. The minimum absolute atomic E-state index is 0.281. The third kappa shape index (κ3) is 1.98. The molecular formula is C14H10N2O2S. The van der Waals surface area contributed by atoms with Crippen molar-refractivity contribution in [3.05, 3.63) is 47.5 Å². The Morgan fingerprint density at radius 3 is 2.42 bits per heavy atom. The zero-order valence-electron chi connectivity index (χ0n) is 10.1. The van der Waals surface area contributed by atoms with Gasteiger partial charge < -0.3 is 5.11 Å². The number of hydrogen-bond donors (Lipinski definition) is 1. The topological polar surface area (TPSA) is 63.1 Å². The van der Waals surface area contributed by atoms with Gasteiger partial charge in [0.05, 0.1) is 17.3 Å². The molecule has 0 unspecified atom stereocenters. The van der Waals surface area contributed by atoms with E-state index in [1.54, 1.807) is 24.3 Å². The average Bonchev–Trinajstić information content (AvgIpc) is 2.89. The van der Waals surface area contributed by atoms with E-state index in [1.165, 1.54) is 11.7 Å². The largest absolute Gasteiger partial charge is 0.478 e. The van der Waals surface area contributed by atoms with Gasteiger partial charge >= 0.3 is 5.97 Å². The van der Waals surface area contributed by atoms with E-state index in [9.17, 15) is 4.79 Å². The second-order valence-electron chi connectivity index (χ2n) is 4.27. The number of aromatic carboxylic acids is 1. The fourth-order valence-electron chi connectivity index (χ4n) is 2.02. The molecule has 0 atom stereocenters. The van der Waals surface area contributed by atoms with Crippen LogP contribution in [0.4, 0.5) is 0 Å². The molecule has 2 aromatic carbocycles. The minimum atomic E-state index is -0.920. The van der Waals surface area contributed by atoms with Crippen molar-refractivity contribution >= 4 is 28.7 Å². The predicted octanol–water partition coefficient (Wildman–Crippen LogP) is 3.36. The van der Waals surface area contributed by atoms with Crippen LogP contribution < -0.4 is 0 Å². The van der Waals surface area contributed by atoms with E-state index in [2.05, 4.69) is 8.75 Å². The van der Waals surface area contributed by atoms with E-state index in [0.717, 1.165) is 27.7 Å². The van der Waals surface area contributed by atoms with E-state index in [-0.39, 0.29) is 5.56 Å². The molecule has 19 heavy (non-hydrogen) atoms. The van der Waals surface area contributed by atoms with Gasteiger partial charge in [-0.2, -0.15) is 8.75 Å². The Morgan fingerprint density at radius 2 is 1.74 bits per heavy atom. The second-order valence-corrected chi connectivity index (χ2v) is 4.80. The lowest BCUT2D eigenvalue weighted by atomic mass is 10.0. The van der Waals surface area contributed by atoms with E-state index in [4.69, 9.17) is 5.11 Å². The number of carboxylic acids is 1. The Morgan fingerprint density at radius 1 is 1.05 bits per heavy atom. The van der Waals surface area contributed by atoms with E-state index in [0.29, 0.717) is 0 Å². The maximum atomic E-state index is 10.8. The Hall–Kier alpha value is -2.27. The third-order valence-electron chi connectivity index (χ3n) is 3.06. The number of carbonyl (C=O) groups is 1. The van der Waals surface area contributed by atoms with Crippen LogP contribution in [0.2, 0.25) is 0 Å². The fraction of sp³-hybridized carbons (Fsp3) is 0.0714. The summed E-state index contributed by atoms with van der Waals surface area (Å²) in [6.07, 6.45) is 0. The molecule has 1 heterocycles. The van der Waals surface area contributed by atoms with E-state index >= 15 is 0 Å². The number of fused-ring (bicyclic) bond motifs is 1. The summed E-state index contributed by atoms with van der Waals surface area (Å²) in [5, 5.41) is 8.90. The summed E-state index contributed by atoms with van der Waals surface area (Å²) < 4.78 is 8.61. The van der Waals surface area contributed by atoms with Crippen molar-refractivity contribution in [1.82, 2.24) is 8.75 Å². The van der Waals surface area contributed by atoms with Gasteiger partial charge in [0, 0.05) is 5.56 Å². The second kappa shape index (κ2) is 4.44. The summed E-state index contributed by atoms with van der Waals surface area (Å²) in [5.41, 5.74) is 5.07. The van der Waals surface area contributed by atoms with Gasteiger partial charge in [-0.1, -0.05) is 24.3 Å². The normalized spacial score (nSPS) is 10.8. The number of carboxylic acid groups (broad SMARTS) is 1.